The molecule has 1 aliphatic carbocycles. The summed E-state index contributed by atoms with van der Waals surface area (Å²) in [5.74, 6) is 0. The fourth-order valence-corrected chi connectivity index (χ4v) is 11.3. The summed E-state index contributed by atoms with van der Waals surface area (Å²) >= 11 is 0. The zero-order chi connectivity index (χ0) is 34.7. The summed E-state index contributed by atoms with van der Waals surface area (Å²) in [5, 5.41) is 4.87. The molecule has 1 aliphatic rings. The molecule has 246 valence electrons. The van der Waals surface area contributed by atoms with Crippen molar-refractivity contribution in [1.29, 1.82) is 0 Å². The summed E-state index contributed by atoms with van der Waals surface area (Å²) in [7, 11) is -3.15. The Balaban J connectivity index is 1.25. The van der Waals surface area contributed by atoms with Crippen molar-refractivity contribution in [2.24, 2.45) is 0 Å². The topological polar surface area (TPSA) is 34.9 Å². The molecular weight excluding hydrogens is 652 g/mol. The predicted molar refractivity (Wildman–Crippen MR) is 215 cm³/mol. The van der Waals surface area contributed by atoms with Gasteiger partial charge in [0.1, 0.15) is 0 Å². The second kappa shape index (κ2) is 11.9. The van der Waals surface area contributed by atoms with Gasteiger partial charge in [-0.15, -0.1) is 0 Å². The second-order valence-corrected chi connectivity index (χ2v) is 16.2. The minimum atomic E-state index is -3.15. The zero-order valence-electron chi connectivity index (χ0n) is 28.3. The van der Waals surface area contributed by atoms with Gasteiger partial charge in [0.15, 0.2) is 7.14 Å². The van der Waals surface area contributed by atoms with E-state index < -0.39 is 12.6 Å². The van der Waals surface area contributed by atoms with Crippen molar-refractivity contribution in [3.8, 4) is 16.8 Å². The monoisotopic (exact) mass is 684 g/mol. The molecule has 0 radical (unpaired) electrons. The Kier molecular flexibility index (Phi) is 6.99. The van der Waals surface area contributed by atoms with Gasteiger partial charge in [-0.05, 0) is 64.2 Å². The maximum Gasteiger partial charge on any atom is 0.171 e. The molecule has 0 bridgehead atoms. The molecular formula is C48H33N2OP. The molecule has 10 rings (SSSR count). The first-order chi connectivity index (χ1) is 25.7. The van der Waals surface area contributed by atoms with Crippen LogP contribution in [0.1, 0.15) is 22.3 Å². The van der Waals surface area contributed by atoms with Gasteiger partial charge < -0.3 is 9.13 Å². The lowest BCUT2D eigenvalue weighted by Gasteiger charge is -2.34. The van der Waals surface area contributed by atoms with E-state index in [1.54, 1.807) is 0 Å². The van der Waals surface area contributed by atoms with Crippen molar-refractivity contribution in [3.05, 3.63) is 223 Å². The van der Waals surface area contributed by atoms with Crippen molar-refractivity contribution < 1.29 is 4.57 Å². The number of nitrogens with zero attached hydrogens (tertiary/aromatic N) is 2. The van der Waals surface area contributed by atoms with Gasteiger partial charge >= 0.3 is 0 Å². The van der Waals surface area contributed by atoms with Gasteiger partial charge in [0.05, 0.1) is 16.4 Å². The zero-order valence-corrected chi connectivity index (χ0v) is 29.2. The lowest BCUT2D eigenvalue weighted by Crippen LogP contribution is -2.30. The largest absolute Gasteiger partial charge is 0.309 e. The standard InChI is InChI=1S/C48H33N2OP/c51-52(37-16-6-2-7-17-37,38-18-8-3-9-19-38)39-27-24-34(25-28-39)48(44-22-12-10-20-40(44)43-33-49-31-30-45(43)48)35-26-29-47-42(32-35)41-21-11-13-23-46(41)50(47)36-14-4-1-5-15-36/h1-33H. The highest BCUT2D eigenvalue weighted by molar-refractivity contribution is 7.85. The fourth-order valence-electron chi connectivity index (χ4n) is 8.62. The molecule has 9 aromatic rings. The second-order valence-electron chi connectivity index (χ2n) is 13.5. The molecule has 0 saturated heterocycles. The summed E-state index contributed by atoms with van der Waals surface area (Å²) in [6, 6.07) is 65.6. The molecule has 0 saturated carbocycles. The van der Waals surface area contributed by atoms with Crippen LogP contribution < -0.4 is 15.9 Å². The van der Waals surface area contributed by atoms with Gasteiger partial charge in [0.2, 0.25) is 0 Å². The third kappa shape index (κ3) is 4.33. The van der Waals surface area contributed by atoms with E-state index in [1.165, 1.54) is 38.5 Å². The molecule has 1 unspecified atom stereocenters. The van der Waals surface area contributed by atoms with Crippen LogP contribution >= 0.6 is 7.14 Å². The Morgan fingerprint density at radius 1 is 0.462 bits per heavy atom. The summed E-state index contributed by atoms with van der Waals surface area (Å²) in [6.45, 7) is 0. The molecule has 0 spiro atoms. The summed E-state index contributed by atoms with van der Waals surface area (Å²) in [5.41, 5.74) is 9.85. The van der Waals surface area contributed by atoms with Crippen LogP contribution in [0.15, 0.2) is 200 Å². The van der Waals surface area contributed by atoms with Crippen molar-refractivity contribution in [1.82, 2.24) is 9.55 Å². The van der Waals surface area contributed by atoms with E-state index in [0.717, 1.165) is 38.2 Å². The van der Waals surface area contributed by atoms with Crippen LogP contribution in [0.3, 0.4) is 0 Å². The molecule has 2 heterocycles. The Labute approximate surface area is 302 Å². The first-order valence-electron chi connectivity index (χ1n) is 17.6. The Bertz CT molecular complexity index is 2720. The van der Waals surface area contributed by atoms with Gasteiger partial charge in [-0.2, -0.15) is 0 Å². The third-order valence-corrected chi connectivity index (χ3v) is 13.9. The highest BCUT2D eigenvalue weighted by Crippen LogP contribution is 2.56. The van der Waals surface area contributed by atoms with Crippen LogP contribution in [0.25, 0.3) is 38.6 Å². The van der Waals surface area contributed by atoms with E-state index in [-0.39, 0.29) is 0 Å². The van der Waals surface area contributed by atoms with E-state index in [4.69, 9.17) is 0 Å². The van der Waals surface area contributed by atoms with Gasteiger partial charge in [-0.3, -0.25) is 4.98 Å². The first-order valence-corrected chi connectivity index (χ1v) is 19.4. The molecule has 0 aliphatic heterocycles. The summed E-state index contributed by atoms with van der Waals surface area (Å²) < 4.78 is 17.7. The molecule has 4 heteroatoms. The Morgan fingerprint density at radius 3 is 1.75 bits per heavy atom. The van der Waals surface area contributed by atoms with E-state index in [9.17, 15) is 0 Å². The number of hydrogen-bond donors (Lipinski definition) is 0. The number of fused-ring (bicyclic) bond motifs is 6. The number of benzene rings is 7. The third-order valence-electron chi connectivity index (χ3n) is 10.9. The smallest absolute Gasteiger partial charge is 0.171 e. The fraction of sp³-hybridized carbons (Fsp3) is 0.0208. The summed E-state index contributed by atoms with van der Waals surface area (Å²) in [4.78, 5) is 4.61. The molecule has 3 nitrogen and oxygen atoms in total. The molecule has 2 aromatic heterocycles. The van der Waals surface area contributed by atoms with Crippen molar-refractivity contribution in [2.45, 2.75) is 5.41 Å². The summed E-state index contributed by atoms with van der Waals surface area (Å²) in [6.07, 6.45) is 3.91. The average Bonchev–Trinajstić information content (AvgIpc) is 3.72. The highest BCUT2D eigenvalue weighted by atomic mass is 31.2. The Hall–Kier alpha value is -6.28. The number of rotatable bonds is 6. The van der Waals surface area contributed by atoms with Crippen molar-refractivity contribution in [2.75, 3.05) is 0 Å². The van der Waals surface area contributed by atoms with Gasteiger partial charge in [0.25, 0.3) is 0 Å². The number of aromatic nitrogens is 2. The molecule has 7 aromatic carbocycles. The van der Waals surface area contributed by atoms with E-state index in [1.807, 2.05) is 73.1 Å². The predicted octanol–water partition coefficient (Wildman–Crippen LogP) is 10.2. The molecule has 0 fully saturated rings. The normalized spacial score (nSPS) is 15.1. The van der Waals surface area contributed by atoms with E-state index in [2.05, 4.69) is 137 Å². The van der Waals surface area contributed by atoms with E-state index in [0.29, 0.717) is 0 Å². The van der Waals surface area contributed by atoms with Gasteiger partial charge in [-0.1, -0.05) is 152 Å². The number of pyridine rings is 1. The quantitative estimate of drug-likeness (QED) is 0.164. The lowest BCUT2D eigenvalue weighted by molar-refractivity contribution is 0.592. The minimum Gasteiger partial charge on any atom is -0.309 e. The minimum absolute atomic E-state index is 0.638. The Morgan fingerprint density at radius 2 is 1.02 bits per heavy atom. The number of hydrogen-bond acceptors (Lipinski definition) is 2. The van der Waals surface area contributed by atoms with Crippen LogP contribution in [0.5, 0.6) is 0 Å². The van der Waals surface area contributed by atoms with Crippen molar-refractivity contribution >= 4 is 44.9 Å². The van der Waals surface area contributed by atoms with Gasteiger partial charge in [0, 0.05) is 50.3 Å². The molecule has 1 atom stereocenters. The maximum atomic E-state index is 15.4. The SMILES string of the molecule is O=P(c1ccccc1)(c1ccccc1)c1ccc(C2(c3ccc4c(c3)c3ccccc3n4-c3ccccc3)c3ccccc3-c3cnccc32)cc1. The van der Waals surface area contributed by atoms with Crippen LogP contribution in [0.2, 0.25) is 0 Å². The maximum absolute atomic E-state index is 15.4. The average molecular weight is 685 g/mol. The van der Waals surface area contributed by atoms with Crippen LogP contribution in [-0.4, -0.2) is 9.55 Å². The van der Waals surface area contributed by atoms with Crippen molar-refractivity contribution in [3.63, 3.8) is 0 Å². The molecule has 0 amide bonds. The van der Waals surface area contributed by atoms with Gasteiger partial charge in [-0.25, -0.2) is 0 Å². The lowest BCUT2D eigenvalue weighted by atomic mass is 9.67. The number of para-hydroxylation sites is 2. The van der Waals surface area contributed by atoms with Crippen LogP contribution in [-0.2, 0) is 9.98 Å². The van der Waals surface area contributed by atoms with Crippen LogP contribution in [0, 0.1) is 0 Å². The van der Waals surface area contributed by atoms with Crippen LogP contribution in [0.4, 0.5) is 0 Å². The highest BCUT2D eigenvalue weighted by Gasteiger charge is 2.46. The molecule has 52 heavy (non-hydrogen) atoms. The molecule has 0 N–H and O–H groups in total. The van der Waals surface area contributed by atoms with E-state index >= 15 is 4.57 Å². The first kappa shape index (κ1) is 30.5.